The molecular formula is C20H23N3O3. The molecule has 2 rings (SSSR count). The lowest BCUT2D eigenvalue weighted by Gasteiger charge is -2.09. The van der Waals surface area contributed by atoms with Gasteiger partial charge in [-0.3, -0.25) is 14.4 Å². The lowest BCUT2D eigenvalue weighted by atomic mass is 10.1. The summed E-state index contributed by atoms with van der Waals surface area (Å²) in [5, 5.41) is 7.51. The Morgan fingerprint density at radius 3 is 1.69 bits per heavy atom. The van der Waals surface area contributed by atoms with Gasteiger partial charge in [-0.15, -0.1) is 0 Å². The van der Waals surface area contributed by atoms with Crippen LogP contribution in [-0.2, 0) is 14.4 Å². The Hall–Kier alpha value is -3.15. The van der Waals surface area contributed by atoms with E-state index in [4.69, 9.17) is 0 Å². The molecule has 136 valence electrons. The third-order valence-electron chi connectivity index (χ3n) is 4.17. The van der Waals surface area contributed by atoms with Crippen LogP contribution in [0.15, 0.2) is 36.4 Å². The molecule has 0 bridgehead atoms. The maximum Gasteiger partial charge on any atom is 0.313 e. The Morgan fingerprint density at radius 1 is 0.692 bits per heavy atom. The second-order valence-electron chi connectivity index (χ2n) is 6.28. The van der Waals surface area contributed by atoms with Gasteiger partial charge in [0, 0.05) is 11.4 Å². The van der Waals surface area contributed by atoms with Crippen molar-refractivity contribution in [2.45, 2.75) is 27.7 Å². The number of benzene rings is 2. The predicted octanol–water partition coefficient (Wildman–Crippen LogP) is 2.61. The number of anilines is 2. The maximum atomic E-state index is 11.9. The highest BCUT2D eigenvalue weighted by Gasteiger charge is 2.15. The summed E-state index contributed by atoms with van der Waals surface area (Å²) in [5.74, 6) is -2.08. The zero-order valence-electron chi connectivity index (χ0n) is 15.4. The van der Waals surface area contributed by atoms with E-state index in [1.165, 1.54) is 0 Å². The van der Waals surface area contributed by atoms with Crippen LogP contribution >= 0.6 is 0 Å². The Morgan fingerprint density at radius 2 is 1.19 bits per heavy atom. The van der Waals surface area contributed by atoms with E-state index in [1.807, 2.05) is 45.9 Å². The summed E-state index contributed by atoms with van der Waals surface area (Å²) in [6, 6.07) is 10.9. The molecule has 0 fully saturated rings. The van der Waals surface area contributed by atoms with Crippen LogP contribution in [0.3, 0.4) is 0 Å². The third kappa shape index (κ3) is 5.17. The minimum absolute atomic E-state index is 0.286. The van der Waals surface area contributed by atoms with Crippen LogP contribution in [-0.4, -0.2) is 24.3 Å². The van der Waals surface area contributed by atoms with Gasteiger partial charge in [0.2, 0.25) is 5.91 Å². The molecule has 6 nitrogen and oxygen atoms in total. The van der Waals surface area contributed by atoms with E-state index in [0.29, 0.717) is 11.4 Å². The van der Waals surface area contributed by atoms with Crippen LogP contribution in [0.25, 0.3) is 0 Å². The zero-order valence-corrected chi connectivity index (χ0v) is 15.4. The van der Waals surface area contributed by atoms with E-state index in [2.05, 4.69) is 16.0 Å². The summed E-state index contributed by atoms with van der Waals surface area (Å²) in [7, 11) is 0. The Bertz CT molecular complexity index is 859. The number of hydrogen-bond acceptors (Lipinski definition) is 3. The van der Waals surface area contributed by atoms with Gasteiger partial charge in [0.1, 0.15) is 0 Å². The fourth-order valence-electron chi connectivity index (χ4n) is 2.27. The summed E-state index contributed by atoms with van der Waals surface area (Å²) in [6.45, 7) is 7.52. The predicted molar refractivity (Wildman–Crippen MR) is 102 cm³/mol. The van der Waals surface area contributed by atoms with Crippen molar-refractivity contribution in [3.8, 4) is 0 Å². The zero-order chi connectivity index (χ0) is 19.3. The molecule has 0 aliphatic rings. The normalized spacial score (nSPS) is 10.2. The van der Waals surface area contributed by atoms with Gasteiger partial charge in [0.25, 0.3) is 0 Å². The van der Waals surface area contributed by atoms with E-state index >= 15 is 0 Å². The number of carbonyl (C=O) groups excluding carboxylic acids is 3. The van der Waals surface area contributed by atoms with Crippen LogP contribution in [0.4, 0.5) is 11.4 Å². The van der Waals surface area contributed by atoms with Crippen LogP contribution < -0.4 is 16.0 Å². The minimum atomic E-state index is -0.863. The highest BCUT2D eigenvalue weighted by molar-refractivity contribution is 6.39. The average molecular weight is 353 g/mol. The highest BCUT2D eigenvalue weighted by atomic mass is 16.2. The smallest absolute Gasteiger partial charge is 0.313 e. The summed E-state index contributed by atoms with van der Waals surface area (Å²) in [6.07, 6.45) is 0. The number of amides is 3. The van der Waals surface area contributed by atoms with Crippen molar-refractivity contribution in [1.29, 1.82) is 0 Å². The summed E-state index contributed by atoms with van der Waals surface area (Å²) < 4.78 is 0. The van der Waals surface area contributed by atoms with Gasteiger partial charge in [-0.05, 0) is 74.2 Å². The fourth-order valence-corrected chi connectivity index (χ4v) is 2.27. The number of nitrogens with one attached hydrogen (secondary N) is 3. The van der Waals surface area contributed by atoms with Gasteiger partial charge in [-0.25, -0.2) is 0 Å². The van der Waals surface area contributed by atoms with Gasteiger partial charge in [0.15, 0.2) is 0 Å². The van der Waals surface area contributed by atoms with Crippen molar-refractivity contribution in [3.05, 3.63) is 58.7 Å². The van der Waals surface area contributed by atoms with E-state index in [9.17, 15) is 14.4 Å². The molecule has 0 spiro atoms. The summed E-state index contributed by atoms with van der Waals surface area (Å²) >= 11 is 0. The average Bonchev–Trinajstić information content (AvgIpc) is 2.59. The van der Waals surface area contributed by atoms with Crippen molar-refractivity contribution >= 4 is 29.1 Å². The van der Waals surface area contributed by atoms with E-state index in [1.54, 1.807) is 18.2 Å². The first-order valence-corrected chi connectivity index (χ1v) is 8.30. The number of aryl methyl sites for hydroxylation is 4. The molecule has 6 heteroatoms. The highest BCUT2D eigenvalue weighted by Crippen LogP contribution is 2.14. The van der Waals surface area contributed by atoms with Crippen molar-refractivity contribution in [2.24, 2.45) is 0 Å². The van der Waals surface area contributed by atoms with Crippen molar-refractivity contribution < 1.29 is 14.4 Å². The molecule has 0 radical (unpaired) electrons. The Kier molecular flexibility index (Phi) is 6.11. The van der Waals surface area contributed by atoms with E-state index < -0.39 is 17.7 Å². The van der Waals surface area contributed by atoms with Crippen LogP contribution in [0.2, 0.25) is 0 Å². The second kappa shape index (κ2) is 8.29. The number of carbonyl (C=O) groups is 3. The number of rotatable bonds is 4. The summed E-state index contributed by atoms with van der Waals surface area (Å²) in [5.41, 5.74) is 5.46. The molecule has 2 aromatic rings. The SMILES string of the molecule is Cc1ccc(NC(=O)CNC(=O)C(=O)Nc2ccc(C)c(C)c2)cc1C. The topological polar surface area (TPSA) is 87.3 Å². The molecule has 0 heterocycles. The quantitative estimate of drug-likeness (QED) is 0.739. The molecular weight excluding hydrogens is 330 g/mol. The van der Waals surface area contributed by atoms with Crippen LogP contribution in [0.5, 0.6) is 0 Å². The lowest BCUT2D eigenvalue weighted by Crippen LogP contribution is -2.39. The van der Waals surface area contributed by atoms with Gasteiger partial charge in [-0.2, -0.15) is 0 Å². The molecule has 0 saturated carbocycles. The Balaban J connectivity index is 1.84. The third-order valence-corrected chi connectivity index (χ3v) is 4.17. The minimum Gasteiger partial charge on any atom is -0.339 e. The molecule has 26 heavy (non-hydrogen) atoms. The standard InChI is InChI=1S/C20H23N3O3/c1-12-5-7-16(9-14(12)3)22-18(24)11-21-19(25)20(26)23-17-8-6-13(2)15(4)10-17/h5-10H,11H2,1-4H3,(H,21,25)(H,22,24)(H,23,26). The first-order chi connectivity index (χ1) is 12.3. The molecule has 3 amide bonds. The second-order valence-corrected chi connectivity index (χ2v) is 6.28. The van der Waals surface area contributed by atoms with Crippen molar-refractivity contribution in [1.82, 2.24) is 5.32 Å². The summed E-state index contributed by atoms with van der Waals surface area (Å²) in [4.78, 5) is 35.7. The number of hydrogen-bond donors (Lipinski definition) is 3. The molecule has 2 aromatic carbocycles. The van der Waals surface area contributed by atoms with Gasteiger partial charge < -0.3 is 16.0 Å². The van der Waals surface area contributed by atoms with Crippen molar-refractivity contribution in [2.75, 3.05) is 17.2 Å². The molecule has 3 N–H and O–H groups in total. The molecule has 0 aliphatic carbocycles. The fraction of sp³-hybridized carbons (Fsp3) is 0.250. The van der Waals surface area contributed by atoms with Crippen molar-refractivity contribution in [3.63, 3.8) is 0 Å². The Labute approximate surface area is 153 Å². The molecule has 0 aromatic heterocycles. The first kappa shape index (κ1) is 19.2. The van der Waals surface area contributed by atoms with E-state index in [0.717, 1.165) is 22.3 Å². The molecule has 0 saturated heterocycles. The van der Waals surface area contributed by atoms with Gasteiger partial charge in [0.05, 0.1) is 6.54 Å². The monoisotopic (exact) mass is 353 g/mol. The first-order valence-electron chi connectivity index (χ1n) is 8.30. The van der Waals surface area contributed by atoms with Gasteiger partial charge >= 0.3 is 11.8 Å². The van der Waals surface area contributed by atoms with E-state index in [-0.39, 0.29) is 6.54 Å². The lowest BCUT2D eigenvalue weighted by molar-refractivity contribution is -0.136. The molecule has 0 atom stereocenters. The largest absolute Gasteiger partial charge is 0.339 e. The van der Waals surface area contributed by atoms with Crippen LogP contribution in [0, 0.1) is 27.7 Å². The van der Waals surface area contributed by atoms with Crippen LogP contribution in [0.1, 0.15) is 22.3 Å². The van der Waals surface area contributed by atoms with Gasteiger partial charge in [-0.1, -0.05) is 12.1 Å². The molecule has 0 unspecified atom stereocenters. The molecule has 0 aliphatic heterocycles. The maximum absolute atomic E-state index is 11.9.